The predicted molar refractivity (Wildman–Crippen MR) is 116 cm³/mol. The van der Waals surface area contributed by atoms with Gasteiger partial charge in [-0.1, -0.05) is 53.7 Å². The fourth-order valence-electron chi connectivity index (χ4n) is 3.43. The summed E-state index contributed by atoms with van der Waals surface area (Å²) in [4.78, 5) is 16.9. The molecule has 1 fully saturated rings. The summed E-state index contributed by atoms with van der Waals surface area (Å²) in [5, 5.41) is 8.90. The largest absolute Gasteiger partial charge is 0.368 e. The van der Waals surface area contributed by atoms with Crippen molar-refractivity contribution in [2.45, 2.75) is 12.1 Å². The number of hydrogen-bond donors (Lipinski definition) is 1. The van der Waals surface area contributed by atoms with E-state index in [2.05, 4.69) is 27.2 Å². The second-order valence-electron chi connectivity index (χ2n) is 7.04. The number of aryl methyl sites for hydroxylation is 1. The summed E-state index contributed by atoms with van der Waals surface area (Å²) in [5.41, 5.74) is 3.24. The molecule has 2 aromatic carbocycles. The molecule has 2 N–H and O–H groups in total. The van der Waals surface area contributed by atoms with E-state index in [1.165, 1.54) is 22.1 Å². The first-order valence-electron chi connectivity index (χ1n) is 9.60. The lowest BCUT2D eigenvalue weighted by Gasteiger charge is -2.36. The molecule has 8 heteroatoms. The molecular formula is C21H24N6OS. The van der Waals surface area contributed by atoms with Crippen LogP contribution in [-0.4, -0.2) is 57.6 Å². The number of carbonyl (C=O) groups is 1. The molecule has 29 heavy (non-hydrogen) atoms. The van der Waals surface area contributed by atoms with Crippen LogP contribution < -0.4 is 10.7 Å². The van der Waals surface area contributed by atoms with Crippen molar-refractivity contribution in [3.05, 3.63) is 60.2 Å². The van der Waals surface area contributed by atoms with E-state index in [0.717, 1.165) is 37.3 Å². The van der Waals surface area contributed by atoms with Gasteiger partial charge in [0, 0.05) is 37.4 Å². The van der Waals surface area contributed by atoms with Crippen LogP contribution in [0.4, 0.5) is 5.69 Å². The van der Waals surface area contributed by atoms with E-state index in [-0.39, 0.29) is 5.91 Å². The average molecular weight is 409 g/mol. The third kappa shape index (κ3) is 4.37. The van der Waals surface area contributed by atoms with E-state index in [9.17, 15) is 4.79 Å². The van der Waals surface area contributed by atoms with Crippen LogP contribution in [-0.2, 0) is 4.79 Å². The van der Waals surface area contributed by atoms with Crippen molar-refractivity contribution in [1.29, 1.82) is 0 Å². The lowest BCUT2D eigenvalue weighted by atomic mass is 10.1. The van der Waals surface area contributed by atoms with E-state index < -0.39 is 0 Å². The minimum atomic E-state index is 0.0998. The Bertz CT molecular complexity index is 982. The highest BCUT2D eigenvalue weighted by atomic mass is 32.2. The average Bonchev–Trinajstić information content (AvgIpc) is 3.13. The highest BCUT2D eigenvalue weighted by molar-refractivity contribution is 7.99. The topological polar surface area (TPSA) is 80.3 Å². The van der Waals surface area contributed by atoms with Crippen molar-refractivity contribution in [2.24, 2.45) is 0 Å². The number of amides is 1. The fourth-order valence-corrected chi connectivity index (χ4v) is 4.19. The van der Waals surface area contributed by atoms with Crippen LogP contribution >= 0.6 is 11.8 Å². The standard InChI is InChI=1S/C21H24N6OS/c1-16-6-5-7-17(14-16)20-23-24-21(27(20)22)29-15-19(28)26-12-10-25(11-13-26)18-8-3-2-4-9-18/h2-9,14H,10-13,15,22H2,1H3. The summed E-state index contributed by atoms with van der Waals surface area (Å²) in [7, 11) is 0. The van der Waals surface area contributed by atoms with Crippen LogP contribution in [0.25, 0.3) is 11.4 Å². The van der Waals surface area contributed by atoms with Gasteiger partial charge in [-0.05, 0) is 25.1 Å². The summed E-state index contributed by atoms with van der Waals surface area (Å²) >= 11 is 1.33. The van der Waals surface area contributed by atoms with Crippen LogP contribution in [0.3, 0.4) is 0 Å². The molecule has 0 radical (unpaired) electrons. The van der Waals surface area contributed by atoms with Gasteiger partial charge in [-0.15, -0.1) is 10.2 Å². The number of aromatic nitrogens is 3. The van der Waals surface area contributed by atoms with Gasteiger partial charge in [0.15, 0.2) is 5.82 Å². The van der Waals surface area contributed by atoms with Crippen LogP contribution in [0.1, 0.15) is 5.56 Å². The van der Waals surface area contributed by atoms with Gasteiger partial charge in [-0.3, -0.25) is 4.79 Å². The van der Waals surface area contributed by atoms with Crippen molar-refractivity contribution in [3.8, 4) is 11.4 Å². The number of nitrogens with two attached hydrogens (primary N) is 1. The molecule has 0 spiro atoms. The van der Waals surface area contributed by atoms with Gasteiger partial charge in [0.05, 0.1) is 5.75 Å². The zero-order valence-electron chi connectivity index (χ0n) is 16.4. The van der Waals surface area contributed by atoms with Crippen LogP contribution in [0.5, 0.6) is 0 Å². The molecule has 150 valence electrons. The maximum atomic E-state index is 12.6. The Hall–Kier alpha value is -3.00. The monoisotopic (exact) mass is 408 g/mol. The fraction of sp³-hybridized carbons (Fsp3) is 0.286. The summed E-state index contributed by atoms with van der Waals surface area (Å²) < 4.78 is 1.46. The number of anilines is 1. The highest BCUT2D eigenvalue weighted by Gasteiger charge is 2.22. The molecule has 1 aromatic heterocycles. The van der Waals surface area contributed by atoms with Crippen molar-refractivity contribution in [3.63, 3.8) is 0 Å². The molecular weight excluding hydrogens is 384 g/mol. The number of nitrogens with zero attached hydrogens (tertiary/aromatic N) is 5. The third-order valence-corrected chi connectivity index (χ3v) is 5.95. The Labute approximate surface area is 174 Å². The minimum Gasteiger partial charge on any atom is -0.368 e. The molecule has 0 saturated carbocycles. The second kappa shape index (κ2) is 8.57. The third-order valence-electron chi connectivity index (χ3n) is 5.02. The number of nitrogen functional groups attached to an aromatic ring is 1. The van der Waals surface area contributed by atoms with Gasteiger partial charge in [0.1, 0.15) is 0 Å². The first-order valence-corrected chi connectivity index (χ1v) is 10.6. The number of piperazine rings is 1. The molecule has 1 saturated heterocycles. The van der Waals surface area contributed by atoms with E-state index in [1.54, 1.807) is 0 Å². The molecule has 0 bridgehead atoms. The molecule has 3 aromatic rings. The van der Waals surface area contributed by atoms with Crippen molar-refractivity contribution < 1.29 is 4.79 Å². The van der Waals surface area contributed by atoms with Crippen molar-refractivity contribution in [2.75, 3.05) is 42.7 Å². The van der Waals surface area contributed by atoms with Gasteiger partial charge >= 0.3 is 0 Å². The molecule has 0 atom stereocenters. The van der Waals surface area contributed by atoms with E-state index in [4.69, 9.17) is 5.84 Å². The van der Waals surface area contributed by atoms with Gasteiger partial charge in [0.25, 0.3) is 0 Å². The summed E-state index contributed by atoms with van der Waals surface area (Å²) in [6.45, 7) is 5.14. The van der Waals surface area contributed by atoms with E-state index in [1.807, 2.05) is 54.3 Å². The van der Waals surface area contributed by atoms with Crippen LogP contribution in [0.2, 0.25) is 0 Å². The first-order chi connectivity index (χ1) is 14.1. The van der Waals surface area contributed by atoms with Crippen molar-refractivity contribution >= 4 is 23.4 Å². The van der Waals surface area contributed by atoms with E-state index in [0.29, 0.717) is 16.7 Å². The molecule has 0 unspecified atom stereocenters. The SMILES string of the molecule is Cc1cccc(-c2nnc(SCC(=O)N3CCN(c4ccccc4)CC3)n2N)c1. The highest BCUT2D eigenvalue weighted by Crippen LogP contribution is 2.23. The molecule has 1 aliphatic heterocycles. The minimum absolute atomic E-state index is 0.0998. The maximum absolute atomic E-state index is 12.6. The lowest BCUT2D eigenvalue weighted by molar-refractivity contribution is -0.128. The molecule has 7 nitrogen and oxygen atoms in total. The number of benzene rings is 2. The van der Waals surface area contributed by atoms with E-state index >= 15 is 0 Å². The van der Waals surface area contributed by atoms with Crippen molar-refractivity contribution in [1.82, 2.24) is 19.8 Å². The summed E-state index contributed by atoms with van der Waals surface area (Å²) in [6.07, 6.45) is 0. The van der Waals surface area contributed by atoms with Gasteiger partial charge in [-0.2, -0.15) is 0 Å². The van der Waals surface area contributed by atoms with Gasteiger partial charge in [-0.25, -0.2) is 4.68 Å². The Morgan fingerprint density at radius 1 is 1.03 bits per heavy atom. The Kier molecular flexibility index (Phi) is 5.71. The lowest BCUT2D eigenvalue weighted by Crippen LogP contribution is -2.49. The smallest absolute Gasteiger partial charge is 0.233 e. The predicted octanol–water partition coefficient (Wildman–Crippen LogP) is 2.41. The Morgan fingerprint density at radius 3 is 2.52 bits per heavy atom. The maximum Gasteiger partial charge on any atom is 0.233 e. The summed E-state index contributed by atoms with van der Waals surface area (Å²) in [6, 6.07) is 18.2. The number of carbonyl (C=O) groups excluding carboxylic acids is 1. The van der Waals surface area contributed by atoms with Crippen LogP contribution in [0.15, 0.2) is 59.8 Å². The van der Waals surface area contributed by atoms with Gasteiger partial charge in [0.2, 0.25) is 11.1 Å². The zero-order valence-corrected chi connectivity index (χ0v) is 17.2. The molecule has 1 amide bonds. The number of hydrogen-bond acceptors (Lipinski definition) is 6. The molecule has 1 aliphatic rings. The zero-order chi connectivity index (χ0) is 20.2. The number of thioether (sulfide) groups is 1. The van der Waals surface area contributed by atoms with Gasteiger partial charge < -0.3 is 15.6 Å². The Balaban J connectivity index is 1.33. The summed E-state index contributed by atoms with van der Waals surface area (Å²) in [5.74, 6) is 7.17. The molecule has 2 heterocycles. The Morgan fingerprint density at radius 2 is 1.79 bits per heavy atom. The molecule has 4 rings (SSSR count). The number of para-hydroxylation sites is 1. The second-order valence-corrected chi connectivity index (χ2v) is 7.98. The number of rotatable bonds is 5. The quantitative estimate of drug-likeness (QED) is 0.516. The molecule has 0 aliphatic carbocycles. The normalized spacial score (nSPS) is 14.2. The first kappa shape index (κ1) is 19.3. The van der Waals surface area contributed by atoms with Crippen LogP contribution in [0, 0.1) is 6.92 Å².